The second kappa shape index (κ2) is 10.8. The molecular formula is C36H56O10. The molecule has 0 radical (unpaired) electrons. The summed E-state index contributed by atoms with van der Waals surface area (Å²) in [5.74, 6) is -1.03. The maximum Gasteiger partial charge on any atom is 0.315 e. The molecule has 5 aliphatic carbocycles. The highest BCUT2D eigenvalue weighted by atomic mass is 16.7. The van der Waals surface area contributed by atoms with E-state index in [1.165, 1.54) is 0 Å². The summed E-state index contributed by atoms with van der Waals surface area (Å²) < 4.78 is 11.4. The minimum absolute atomic E-state index is 0.0653. The summed E-state index contributed by atoms with van der Waals surface area (Å²) in [4.78, 5) is 27.6. The van der Waals surface area contributed by atoms with Crippen molar-refractivity contribution in [3.05, 3.63) is 11.6 Å². The lowest BCUT2D eigenvalue weighted by molar-refractivity contribution is -0.299. The number of ether oxygens (including phenoxy) is 2. The first-order chi connectivity index (χ1) is 21.2. The Morgan fingerprint density at radius 1 is 0.935 bits per heavy atom. The molecule has 4 unspecified atom stereocenters. The van der Waals surface area contributed by atoms with Crippen LogP contribution in [-0.2, 0) is 19.1 Å². The molecule has 0 aromatic rings. The number of hydrogen-bond donors (Lipinski definition) is 6. The molecule has 6 N–H and O–H groups in total. The molecule has 0 spiro atoms. The first kappa shape index (κ1) is 34.5. The summed E-state index contributed by atoms with van der Waals surface area (Å²) >= 11 is 0. The Balaban J connectivity index is 1.40. The van der Waals surface area contributed by atoms with Crippen molar-refractivity contribution in [1.29, 1.82) is 0 Å². The fourth-order valence-electron chi connectivity index (χ4n) is 12.2. The van der Waals surface area contributed by atoms with Crippen molar-refractivity contribution in [2.75, 3.05) is 6.61 Å². The van der Waals surface area contributed by atoms with Crippen molar-refractivity contribution in [2.24, 2.45) is 50.7 Å². The van der Waals surface area contributed by atoms with Crippen molar-refractivity contribution in [3.8, 4) is 0 Å². The van der Waals surface area contributed by atoms with Crippen LogP contribution in [0.4, 0.5) is 0 Å². The number of rotatable bonds is 3. The van der Waals surface area contributed by atoms with E-state index in [-0.39, 0.29) is 39.8 Å². The number of aliphatic hydroxyl groups is 6. The highest BCUT2D eigenvalue weighted by Gasteiger charge is 2.72. The van der Waals surface area contributed by atoms with E-state index in [9.17, 15) is 40.2 Å². The fourth-order valence-corrected chi connectivity index (χ4v) is 12.2. The van der Waals surface area contributed by atoms with Crippen LogP contribution in [0.15, 0.2) is 11.6 Å². The molecule has 0 aromatic heterocycles. The zero-order valence-corrected chi connectivity index (χ0v) is 28.5. The van der Waals surface area contributed by atoms with E-state index in [0.29, 0.717) is 38.5 Å². The topological polar surface area (TPSA) is 174 Å². The maximum atomic E-state index is 14.4. The van der Waals surface area contributed by atoms with Gasteiger partial charge in [0.25, 0.3) is 0 Å². The molecule has 10 nitrogen and oxygen atoms in total. The Labute approximate surface area is 272 Å². The largest absolute Gasteiger partial charge is 0.432 e. The Hall–Kier alpha value is -1.40. The number of allylic oxidation sites excluding steroid dienone is 1. The number of Topliss-reactive ketones (excluding diaryl/α,β-unsaturated/α-hetero) is 1. The number of ketones is 1. The molecule has 10 heteroatoms. The van der Waals surface area contributed by atoms with Gasteiger partial charge >= 0.3 is 5.97 Å². The number of carbonyl (C=O) groups excluding carboxylic acids is 2. The van der Waals surface area contributed by atoms with Crippen molar-refractivity contribution >= 4 is 11.8 Å². The lowest BCUT2D eigenvalue weighted by atomic mass is 9.33. The van der Waals surface area contributed by atoms with E-state index in [4.69, 9.17) is 9.47 Å². The third kappa shape index (κ3) is 4.32. The SMILES string of the molecule is C[C@@H]1CC[C@]2(C(=O)OC3O[C@H](CO)[C@@H](O)[C@H](O)[C@H]3O)CC[C@]3(C)C(=CCC4[C@@]5(C)C[C@@H](O)C(=O)C(C)(C)C5CC[C@]43C)C2[C@]1(C)O. The van der Waals surface area contributed by atoms with Gasteiger partial charge in [-0.2, -0.15) is 0 Å². The van der Waals surface area contributed by atoms with E-state index in [1.54, 1.807) is 0 Å². The molecule has 0 bridgehead atoms. The molecule has 1 heterocycles. The predicted octanol–water partition coefficient (Wildman–Crippen LogP) is 2.64. The summed E-state index contributed by atoms with van der Waals surface area (Å²) in [6.45, 7) is 14.1. The monoisotopic (exact) mass is 648 g/mol. The van der Waals surface area contributed by atoms with E-state index in [1.807, 2.05) is 27.7 Å². The van der Waals surface area contributed by atoms with Crippen LogP contribution in [0.2, 0.25) is 0 Å². The predicted molar refractivity (Wildman–Crippen MR) is 167 cm³/mol. The second-order valence-electron chi connectivity index (χ2n) is 17.5. The molecule has 6 aliphatic rings. The summed E-state index contributed by atoms with van der Waals surface area (Å²) in [6, 6.07) is 0. The van der Waals surface area contributed by atoms with Gasteiger partial charge in [-0.15, -0.1) is 0 Å². The van der Waals surface area contributed by atoms with Crippen LogP contribution in [0.25, 0.3) is 0 Å². The lowest BCUT2D eigenvalue weighted by Crippen LogP contribution is -2.68. The van der Waals surface area contributed by atoms with Crippen LogP contribution in [0.3, 0.4) is 0 Å². The molecular weight excluding hydrogens is 592 g/mol. The lowest BCUT2D eigenvalue weighted by Gasteiger charge is -2.71. The van der Waals surface area contributed by atoms with E-state index in [2.05, 4.69) is 26.8 Å². The van der Waals surface area contributed by atoms with Crippen molar-refractivity contribution in [1.82, 2.24) is 0 Å². The van der Waals surface area contributed by atoms with E-state index >= 15 is 0 Å². The van der Waals surface area contributed by atoms with Gasteiger partial charge < -0.3 is 40.1 Å². The molecule has 1 aliphatic heterocycles. The van der Waals surface area contributed by atoms with E-state index in [0.717, 1.165) is 18.4 Å². The molecule has 1 saturated heterocycles. The fraction of sp³-hybridized carbons (Fsp3) is 0.889. The quantitative estimate of drug-likeness (QED) is 0.197. The van der Waals surface area contributed by atoms with Gasteiger partial charge in [-0.3, -0.25) is 9.59 Å². The molecule has 0 amide bonds. The summed E-state index contributed by atoms with van der Waals surface area (Å²) in [5, 5.41) is 64.4. The van der Waals surface area contributed by atoms with Crippen LogP contribution in [0.1, 0.15) is 99.8 Å². The van der Waals surface area contributed by atoms with Gasteiger partial charge in [-0.05, 0) is 92.3 Å². The van der Waals surface area contributed by atoms with Gasteiger partial charge in [0.1, 0.15) is 30.5 Å². The molecule has 0 aromatic carbocycles. The summed E-state index contributed by atoms with van der Waals surface area (Å²) in [5.41, 5.74) is -2.79. The smallest absolute Gasteiger partial charge is 0.315 e. The van der Waals surface area contributed by atoms with E-state index < -0.39 is 71.7 Å². The zero-order valence-electron chi connectivity index (χ0n) is 28.5. The molecule has 4 saturated carbocycles. The van der Waals surface area contributed by atoms with Gasteiger partial charge in [0, 0.05) is 11.3 Å². The Morgan fingerprint density at radius 3 is 2.26 bits per heavy atom. The van der Waals surface area contributed by atoms with Crippen LogP contribution in [0, 0.1) is 50.7 Å². The third-order valence-corrected chi connectivity index (χ3v) is 15.2. The van der Waals surface area contributed by atoms with Crippen LogP contribution < -0.4 is 0 Å². The number of fused-ring (bicyclic) bond motifs is 7. The van der Waals surface area contributed by atoms with Crippen LogP contribution >= 0.6 is 0 Å². The van der Waals surface area contributed by atoms with Gasteiger partial charge in [-0.1, -0.05) is 53.2 Å². The maximum absolute atomic E-state index is 14.4. The standard InChI is InChI=1S/C36H56O10/c1-18-10-13-36(30(43)46-29-26(41)25(40)24(39)21(17-37)45-29)15-14-33(5)19(27(36)35(18,7)44)8-9-23-32(4)16-20(38)28(42)31(2,3)22(32)11-12-34(23,33)6/h8,18,20-27,29,37-41,44H,9-17H2,1-7H3/t18-,20-,21-,22?,23?,24-,25+,26-,27?,29?,32+,33-,34-,35-,36+/m1/s1. The Bertz CT molecular complexity index is 1290. The highest BCUT2D eigenvalue weighted by molar-refractivity contribution is 5.89. The van der Waals surface area contributed by atoms with Gasteiger partial charge in [0.15, 0.2) is 5.78 Å². The van der Waals surface area contributed by atoms with Gasteiger partial charge in [0.2, 0.25) is 6.29 Å². The third-order valence-electron chi connectivity index (χ3n) is 15.2. The molecule has 5 fully saturated rings. The van der Waals surface area contributed by atoms with Gasteiger partial charge in [0.05, 0.1) is 17.6 Å². The summed E-state index contributed by atoms with van der Waals surface area (Å²) in [6.07, 6.45) is -1.40. The molecule has 260 valence electrons. The van der Waals surface area contributed by atoms with Crippen molar-refractivity contribution in [2.45, 2.75) is 142 Å². The van der Waals surface area contributed by atoms with Crippen molar-refractivity contribution < 1.29 is 49.7 Å². The first-order valence-electron chi connectivity index (χ1n) is 17.4. The average Bonchev–Trinajstić information content (AvgIpc) is 2.98. The zero-order chi connectivity index (χ0) is 34.0. The first-order valence-corrected chi connectivity index (χ1v) is 17.4. The minimum Gasteiger partial charge on any atom is -0.432 e. The van der Waals surface area contributed by atoms with Crippen LogP contribution in [0.5, 0.6) is 0 Å². The average molecular weight is 649 g/mol. The van der Waals surface area contributed by atoms with Crippen LogP contribution in [-0.4, -0.2) is 91.4 Å². The number of carbonyl (C=O) groups is 2. The molecule has 6 rings (SSSR count). The molecule has 15 atom stereocenters. The molecule has 46 heavy (non-hydrogen) atoms. The highest BCUT2D eigenvalue weighted by Crippen LogP contribution is 2.76. The Kier molecular flexibility index (Phi) is 8.09. The number of esters is 1. The Morgan fingerprint density at radius 2 is 1.61 bits per heavy atom. The summed E-state index contributed by atoms with van der Waals surface area (Å²) in [7, 11) is 0. The normalized spacial score (nSPS) is 54.8. The number of hydrogen-bond acceptors (Lipinski definition) is 10. The number of aliphatic hydroxyl groups excluding tert-OH is 5. The van der Waals surface area contributed by atoms with Gasteiger partial charge in [-0.25, -0.2) is 0 Å². The van der Waals surface area contributed by atoms with Crippen molar-refractivity contribution in [3.63, 3.8) is 0 Å². The minimum atomic E-state index is -1.71. The second-order valence-corrected chi connectivity index (χ2v) is 17.5.